The first-order valence-electron chi connectivity index (χ1n) is 4.11. The minimum absolute atomic E-state index is 0.481. The summed E-state index contributed by atoms with van der Waals surface area (Å²) in [6.45, 7) is 1.87. The largest absolute Gasteiger partial charge is 0.495 e. The molecule has 0 aromatic heterocycles. The molecule has 0 atom stereocenters. The van der Waals surface area contributed by atoms with Crippen molar-refractivity contribution in [1.29, 1.82) is 5.26 Å². The molecule has 1 rings (SSSR count). The number of hydrogen-bond acceptors (Lipinski definition) is 4. The lowest BCUT2D eigenvalue weighted by Gasteiger charge is -2.06. The van der Waals surface area contributed by atoms with Gasteiger partial charge in [-0.15, -0.1) is 0 Å². The maximum absolute atomic E-state index is 8.86. The van der Waals surface area contributed by atoms with Crippen LogP contribution >= 0.6 is 0 Å². The lowest BCUT2D eigenvalue weighted by atomic mass is 10.1. The summed E-state index contributed by atoms with van der Waals surface area (Å²) in [6, 6.07) is 5.54. The number of nitrogens with zero attached hydrogens (tertiary/aromatic N) is 3. The summed E-state index contributed by atoms with van der Waals surface area (Å²) >= 11 is 0. The quantitative estimate of drug-likeness (QED) is 0.671. The van der Waals surface area contributed by atoms with E-state index in [0.29, 0.717) is 17.0 Å². The molecule has 4 nitrogen and oxygen atoms in total. The molecule has 0 saturated carbocycles. The van der Waals surface area contributed by atoms with Crippen LogP contribution in [0, 0.1) is 18.3 Å². The minimum Gasteiger partial charge on any atom is -0.495 e. The van der Waals surface area contributed by atoms with Crippen molar-refractivity contribution in [2.45, 2.75) is 6.92 Å². The number of rotatable bonds is 2. The number of nitriles is 1. The van der Waals surface area contributed by atoms with Gasteiger partial charge >= 0.3 is 0 Å². The number of ether oxygens (including phenoxy) is 1. The van der Waals surface area contributed by atoms with Crippen LogP contribution in [0.25, 0.3) is 0 Å². The second-order valence-corrected chi connectivity index (χ2v) is 2.76. The molecule has 4 heteroatoms. The highest BCUT2D eigenvalue weighted by Crippen LogP contribution is 2.28. The Morgan fingerprint density at radius 1 is 1.43 bits per heavy atom. The standard InChI is InChI=1S/C10H11N3O/c1-7-4-9(13-12-2)5-8(6-11)10(7)14-3/h4-5H,1-3H3. The van der Waals surface area contributed by atoms with Gasteiger partial charge < -0.3 is 4.74 Å². The normalized spacial score (nSPS) is 10.1. The summed E-state index contributed by atoms with van der Waals surface area (Å²) in [5, 5.41) is 16.4. The van der Waals surface area contributed by atoms with Crippen molar-refractivity contribution in [3.05, 3.63) is 23.3 Å². The Morgan fingerprint density at radius 2 is 2.14 bits per heavy atom. The highest BCUT2D eigenvalue weighted by molar-refractivity contribution is 5.56. The van der Waals surface area contributed by atoms with Crippen LogP contribution in [0.1, 0.15) is 11.1 Å². The molecule has 1 aromatic carbocycles. The topological polar surface area (TPSA) is 57.7 Å². The molecule has 0 unspecified atom stereocenters. The van der Waals surface area contributed by atoms with Crippen molar-refractivity contribution >= 4 is 5.69 Å². The van der Waals surface area contributed by atoms with Crippen LogP contribution in [0.4, 0.5) is 5.69 Å². The Labute approximate surface area is 82.8 Å². The van der Waals surface area contributed by atoms with Gasteiger partial charge in [0.1, 0.15) is 11.8 Å². The summed E-state index contributed by atoms with van der Waals surface area (Å²) in [6.07, 6.45) is 0. The highest BCUT2D eigenvalue weighted by Gasteiger charge is 2.07. The summed E-state index contributed by atoms with van der Waals surface area (Å²) in [5.41, 5.74) is 2.03. The maximum Gasteiger partial charge on any atom is 0.139 e. The van der Waals surface area contributed by atoms with Crippen LogP contribution in [0.15, 0.2) is 22.4 Å². The van der Waals surface area contributed by atoms with Crippen molar-refractivity contribution in [2.24, 2.45) is 10.2 Å². The molecule has 0 saturated heterocycles. The van der Waals surface area contributed by atoms with Gasteiger partial charge in [0.2, 0.25) is 0 Å². The van der Waals surface area contributed by atoms with Gasteiger partial charge in [-0.2, -0.15) is 15.5 Å². The second-order valence-electron chi connectivity index (χ2n) is 2.76. The predicted octanol–water partition coefficient (Wildman–Crippen LogP) is 2.59. The van der Waals surface area contributed by atoms with Crippen LogP contribution < -0.4 is 4.74 Å². The molecular weight excluding hydrogens is 178 g/mol. The smallest absolute Gasteiger partial charge is 0.139 e. The first-order valence-corrected chi connectivity index (χ1v) is 4.11. The molecule has 0 heterocycles. The number of methoxy groups -OCH3 is 1. The molecule has 0 radical (unpaired) electrons. The Hall–Kier alpha value is -1.89. The first-order chi connectivity index (χ1) is 6.72. The Balaban J connectivity index is 3.33. The third kappa shape index (κ3) is 1.88. The summed E-state index contributed by atoms with van der Waals surface area (Å²) in [4.78, 5) is 0. The van der Waals surface area contributed by atoms with Crippen molar-refractivity contribution in [3.8, 4) is 11.8 Å². The Bertz CT molecular complexity index is 405. The zero-order valence-corrected chi connectivity index (χ0v) is 8.40. The molecule has 0 fully saturated rings. The molecule has 0 aliphatic rings. The van der Waals surface area contributed by atoms with E-state index in [9.17, 15) is 0 Å². The molecule has 14 heavy (non-hydrogen) atoms. The SMILES string of the molecule is CN=Nc1cc(C)c(OC)c(C#N)c1. The maximum atomic E-state index is 8.86. The van der Waals surface area contributed by atoms with E-state index in [1.54, 1.807) is 20.2 Å². The van der Waals surface area contributed by atoms with E-state index < -0.39 is 0 Å². The zero-order valence-electron chi connectivity index (χ0n) is 8.40. The van der Waals surface area contributed by atoms with Gasteiger partial charge in [0.25, 0.3) is 0 Å². The first kappa shape index (κ1) is 10.2. The average molecular weight is 189 g/mol. The molecule has 72 valence electrons. The van der Waals surface area contributed by atoms with Gasteiger partial charge in [0.15, 0.2) is 0 Å². The van der Waals surface area contributed by atoms with Gasteiger partial charge in [0.05, 0.1) is 18.4 Å². The van der Waals surface area contributed by atoms with E-state index in [0.717, 1.165) is 5.56 Å². The summed E-state index contributed by atoms with van der Waals surface area (Å²) < 4.78 is 5.11. The van der Waals surface area contributed by atoms with E-state index in [1.165, 1.54) is 0 Å². The minimum atomic E-state index is 0.481. The lowest BCUT2D eigenvalue weighted by molar-refractivity contribution is 0.410. The second kappa shape index (κ2) is 4.38. The molecule has 0 aliphatic heterocycles. The van der Waals surface area contributed by atoms with Crippen LogP contribution in [0.3, 0.4) is 0 Å². The van der Waals surface area contributed by atoms with Crippen molar-refractivity contribution in [1.82, 2.24) is 0 Å². The van der Waals surface area contributed by atoms with E-state index in [2.05, 4.69) is 16.3 Å². The fourth-order valence-corrected chi connectivity index (χ4v) is 1.28. The van der Waals surface area contributed by atoms with E-state index in [1.807, 2.05) is 13.0 Å². The van der Waals surface area contributed by atoms with E-state index in [4.69, 9.17) is 10.00 Å². The van der Waals surface area contributed by atoms with Crippen molar-refractivity contribution in [2.75, 3.05) is 14.2 Å². The third-order valence-electron chi connectivity index (χ3n) is 1.80. The summed E-state index contributed by atoms with van der Waals surface area (Å²) in [5.74, 6) is 0.600. The van der Waals surface area contributed by atoms with Gasteiger partial charge in [-0.3, -0.25) is 0 Å². The molecule has 0 aliphatic carbocycles. The van der Waals surface area contributed by atoms with Gasteiger partial charge in [0, 0.05) is 7.05 Å². The zero-order chi connectivity index (χ0) is 10.6. The molecule has 0 spiro atoms. The fourth-order valence-electron chi connectivity index (χ4n) is 1.28. The number of benzene rings is 1. The van der Waals surface area contributed by atoms with E-state index >= 15 is 0 Å². The Kier molecular flexibility index (Phi) is 3.19. The molecule has 1 aromatic rings. The van der Waals surface area contributed by atoms with Crippen LogP contribution in [-0.2, 0) is 0 Å². The van der Waals surface area contributed by atoms with Gasteiger partial charge in [-0.25, -0.2) is 0 Å². The number of aryl methyl sites for hydroxylation is 1. The van der Waals surface area contributed by atoms with Crippen LogP contribution in [0.2, 0.25) is 0 Å². The Morgan fingerprint density at radius 3 is 2.64 bits per heavy atom. The molecule has 0 N–H and O–H groups in total. The molecular formula is C10H11N3O. The van der Waals surface area contributed by atoms with Crippen molar-refractivity contribution in [3.63, 3.8) is 0 Å². The average Bonchev–Trinajstić information content (AvgIpc) is 2.17. The van der Waals surface area contributed by atoms with Crippen LogP contribution in [-0.4, -0.2) is 14.2 Å². The molecule has 0 amide bonds. The summed E-state index contributed by atoms with van der Waals surface area (Å²) in [7, 11) is 3.13. The lowest BCUT2D eigenvalue weighted by Crippen LogP contribution is -1.90. The van der Waals surface area contributed by atoms with Gasteiger partial charge in [-0.05, 0) is 24.6 Å². The highest BCUT2D eigenvalue weighted by atomic mass is 16.5. The monoisotopic (exact) mass is 189 g/mol. The van der Waals surface area contributed by atoms with Crippen molar-refractivity contribution < 1.29 is 4.74 Å². The fraction of sp³-hybridized carbons (Fsp3) is 0.300. The number of azo groups is 1. The third-order valence-corrected chi connectivity index (χ3v) is 1.80. The number of hydrogen-bond donors (Lipinski definition) is 0. The van der Waals surface area contributed by atoms with Gasteiger partial charge in [-0.1, -0.05) is 0 Å². The van der Waals surface area contributed by atoms with E-state index in [-0.39, 0.29) is 0 Å². The van der Waals surface area contributed by atoms with Crippen LogP contribution in [0.5, 0.6) is 5.75 Å². The predicted molar refractivity (Wildman–Crippen MR) is 52.9 cm³/mol. The molecule has 0 bridgehead atoms.